The van der Waals surface area contributed by atoms with Crippen LogP contribution in [0.5, 0.6) is 5.75 Å². The molecule has 1 rings (SSSR count). The van der Waals surface area contributed by atoms with Crippen LogP contribution < -0.4 is 0 Å². The monoisotopic (exact) mass is 285 g/mol. The van der Waals surface area contributed by atoms with Gasteiger partial charge in [-0.3, -0.25) is 30.3 Å². The Bertz CT molecular complexity index is 548. The van der Waals surface area contributed by atoms with Crippen molar-refractivity contribution in [3.8, 4) is 5.75 Å². The fraction of sp³-hybridized carbons (Fsp3) is 0.400. The number of benzene rings is 1. The molecule has 0 heterocycles. The van der Waals surface area contributed by atoms with E-state index < -0.39 is 31.9 Å². The van der Waals surface area contributed by atoms with E-state index in [1.807, 2.05) is 0 Å². The summed E-state index contributed by atoms with van der Waals surface area (Å²) in [6.07, 6.45) is 0. The smallest absolute Gasteiger partial charge is 0.508 e. The maximum atomic E-state index is 10.9. The van der Waals surface area contributed by atoms with Crippen molar-refractivity contribution in [2.24, 2.45) is 0 Å². The van der Waals surface area contributed by atoms with Gasteiger partial charge in [0.2, 0.25) is 0 Å². The van der Waals surface area contributed by atoms with Crippen molar-refractivity contribution in [2.45, 2.75) is 25.6 Å². The van der Waals surface area contributed by atoms with Crippen molar-refractivity contribution in [1.82, 2.24) is 0 Å². The molecule has 0 atom stereocenters. The largest absolute Gasteiger partial charge is 0.728 e. The van der Waals surface area contributed by atoms with Gasteiger partial charge in [-0.25, -0.2) is 0 Å². The summed E-state index contributed by atoms with van der Waals surface area (Å²) in [7, 11) is 0. The normalized spacial score (nSPS) is 11.3. The Morgan fingerprint density at radius 2 is 1.50 bits per heavy atom. The second-order valence-electron chi connectivity index (χ2n) is 4.34. The molecule has 0 aliphatic rings. The number of phenolic OH excluding ortho intramolecular Hbond substituents is 1. The summed E-state index contributed by atoms with van der Waals surface area (Å²) in [4.78, 5) is 27.8. The Morgan fingerprint density at radius 3 is 1.80 bits per heavy atom. The Labute approximate surface area is 112 Å². The van der Waals surface area contributed by atoms with Gasteiger partial charge in [0, 0.05) is 6.07 Å². The molecule has 0 bridgehead atoms. The summed E-state index contributed by atoms with van der Waals surface area (Å²) in [6.45, 7) is 3.44. The Morgan fingerprint density at radius 1 is 1.05 bits per heavy atom. The highest BCUT2D eigenvalue weighted by molar-refractivity contribution is 5.39. The highest BCUT2D eigenvalue weighted by atomic mass is 16.7. The fourth-order valence-corrected chi connectivity index (χ4v) is 1.76. The Balaban J connectivity index is 3.59. The number of rotatable bonds is 5. The lowest BCUT2D eigenvalue weighted by molar-refractivity contribution is -0.986. The van der Waals surface area contributed by atoms with Gasteiger partial charge < -0.3 is 5.11 Å². The molecule has 1 aromatic rings. The van der Waals surface area contributed by atoms with Gasteiger partial charge in [-0.15, -0.1) is 0 Å². The first-order chi connectivity index (χ1) is 9.15. The molecule has 0 spiro atoms. The van der Waals surface area contributed by atoms with Gasteiger partial charge in [-0.1, -0.05) is 19.9 Å². The van der Waals surface area contributed by atoms with Crippen LogP contribution in [0.15, 0.2) is 18.2 Å². The lowest BCUT2D eigenvalue weighted by Crippen LogP contribution is -2.50. The average Bonchev–Trinajstić information content (AvgIpc) is 2.27. The molecule has 20 heavy (non-hydrogen) atoms. The summed E-state index contributed by atoms with van der Waals surface area (Å²) in [5.74, 6) is -4.35. The number of nitrogens with zero attached hydrogens (tertiary/aromatic N) is 3. The molecule has 0 aliphatic carbocycles. The molecule has 0 aromatic heterocycles. The zero-order chi connectivity index (χ0) is 15.7. The number of aromatic hydroxyl groups is 1. The second kappa shape index (κ2) is 5.07. The Hall–Kier alpha value is -2.78. The third-order valence-corrected chi connectivity index (χ3v) is 2.80. The SMILES string of the molecule is CC(C)c1ccc(C([N+](=O)[O-])([N+](=O)[O-])[N+](=O)[O-])cc1O. The van der Waals surface area contributed by atoms with Crippen LogP contribution in [0.2, 0.25) is 0 Å². The topological polar surface area (TPSA) is 150 Å². The third kappa shape index (κ3) is 2.11. The molecule has 1 N–H and O–H groups in total. The number of nitro groups is 3. The van der Waals surface area contributed by atoms with Crippen LogP contribution in [0.4, 0.5) is 0 Å². The van der Waals surface area contributed by atoms with Crippen LogP contribution in [0.25, 0.3) is 0 Å². The molecule has 0 fully saturated rings. The van der Waals surface area contributed by atoms with E-state index in [1.54, 1.807) is 13.8 Å². The molecular weight excluding hydrogens is 274 g/mol. The summed E-state index contributed by atoms with van der Waals surface area (Å²) >= 11 is 0. The van der Waals surface area contributed by atoms with Crippen molar-refractivity contribution in [2.75, 3.05) is 0 Å². The molecule has 1 aromatic carbocycles. The molecule has 0 radical (unpaired) electrons. The van der Waals surface area contributed by atoms with Crippen molar-refractivity contribution in [3.63, 3.8) is 0 Å². The predicted octanol–water partition coefficient (Wildman–Crippen LogP) is 1.46. The van der Waals surface area contributed by atoms with Gasteiger partial charge in [0.1, 0.15) is 5.75 Å². The molecule has 0 amide bonds. The van der Waals surface area contributed by atoms with Gasteiger partial charge in [0.05, 0.1) is 0 Å². The molecule has 10 heteroatoms. The number of hydrogen-bond acceptors (Lipinski definition) is 7. The molecule has 0 saturated carbocycles. The highest BCUT2D eigenvalue weighted by Crippen LogP contribution is 2.33. The van der Waals surface area contributed by atoms with Gasteiger partial charge in [0.25, 0.3) is 0 Å². The van der Waals surface area contributed by atoms with E-state index in [1.165, 1.54) is 6.07 Å². The first kappa shape index (κ1) is 15.3. The lowest BCUT2D eigenvalue weighted by Gasteiger charge is -2.12. The summed E-state index contributed by atoms with van der Waals surface area (Å²) in [6, 6.07) is 2.79. The minimum Gasteiger partial charge on any atom is -0.508 e. The maximum absolute atomic E-state index is 10.9. The van der Waals surface area contributed by atoms with Gasteiger partial charge in [-0.05, 0) is 17.5 Å². The van der Waals surface area contributed by atoms with Crippen LogP contribution in [0.3, 0.4) is 0 Å². The van der Waals surface area contributed by atoms with Gasteiger partial charge >= 0.3 is 5.79 Å². The van der Waals surface area contributed by atoms with Crippen LogP contribution in [-0.2, 0) is 5.79 Å². The van der Waals surface area contributed by atoms with Crippen LogP contribution in [0, 0.1) is 30.3 Å². The maximum Gasteiger partial charge on any atom is 0.728 e. The molecule has 108 valence electrons. The molecule has 0 saturated heterocycles. The zero-order valence-corrected chi connectivity index (χ0v) is 10.5. The predicted molar refractivity (Wildman–Crippen MR) is 64.9 cm³/mol. The second-order valence-corrected chi connectivity index (χ2v) is 4.34. The highest BCUT2D eigenvalue weighted by Gasteiger charge is 2.72. The summed E-state index contributed by atoms with van der Waals surface area (Å²) in [5.41, 5.74) is -0.447. The van der Waals surface area contributed by atoms with Gasteiger partial charge in [0.15, 0.2) is 20.3 Å². The third-order valence-electron chi connectivity index (χ3n) is 2.80. The number of phenols is 1. The first-order valence-corrected chi connectivity index (χ1v) is 5.42. The molecular formula is C10H11N3O7. The van der Waals surface area contributed by atoms with Crippen molar-refractivity contribution < 1.29 is 19.9 Å². The van der Waals surface area contributed by atoms with Gasteiger partial charge in [-0.2, -0.15) is 0 Å². The van der Waals surface area contributed by atoms with E-state index in [2.05, 4.69) is 0 Å². The summed E-state index contributed by atoms with van der Waals surface area (Å²) in [5, 5.41) is 42.3. The quantitative estimate of drug-likeness (QED) is 0.488. The lowest BCUT2D eigenvalue weighted by atomic mass is 9.98. The van der Waals surface area contributed by atoms with E-state index >= 15 is 0 Å². The zero-order valence-electron chi connectivity index (χ0n) is 10.5. The van der Waals surface area contributed by atoms with Crippen molar-refractivity contribution in [3.05, 3.63) is 59.7 Å². The molecule has 0 aliphatic heterocycles. The average molecular weight is 285 g/mol. The van der Waals surface area contributed by atoms with E-state index in [9.17, 15) is 35.4 Å². The first-order valence-electron chi connectivity index (χ1n) is 5.42. The van der Waals surface area contributed by atoms with Crippen LogP contribution >= 0.6 is 0 Å². The standard InChI is InChI=1S/C10H11N3O7/c1-6(2)8-4-3-7(5-9(8)14)10(11(15)16,12(17)18)13(19)20/h3-6,14H,1-2H3. The number of hydrogen-bond donors (Lipinski definition) is 1. The van der Waals surface area contributed by atoms with Crippen LogP contribution in [-0.4, -0.2) is 19.9 Å². The van der Waals surface area contributed by atoms with E-state index in [4.69, 9.17) is 0 Å². The van der Waals surface area contributed by atoms with Crippen LogP contribution in [0.1, 0.15) is 30.9 Å². The molecule has 10 nitrogen and oxygen atoms in total. The minimum absolute atomic E-state index is 0.153. The molecule has 0 unspecified atom stereocenters. The summed E-state index contributed by atoms with van der Waals surface area (Å²) < 4.78 is 0. The fourth-order valence-electron chi connectivity index (χ4n) is 1.76. The van der Waals surface area contributed by atoms with Crippen molar-refractivity contribution in [1.29, 1.82) is 0 Å². The minimum atomic E-state index is -3.73. The van der Waals surface area contributed by atoms with E-state index in [0.717, 1.165) is 6.07 Å². The Kier molecular flexibility index (Phi) is 3.87. The van der Waals surface area contributed by atoms with E-state index in [-0.39, 0.29) is 5.92 Å². The van der Waals surface area contributed by atoms with E-state index in [0.29, 0.717) is 11.6 Å². The van der Waals surface area contributed by atoms with Crippen molar-refractivity contribution >= 4 is 0 Å².